The topological polar surface area (TPSA) is 77.8 Å². The fraction of sp³-hybridized carbons (Fsp3) is 0.0667. The summed E-state index contributed by atoms with van der Waals surface area (Å²) in [6, 6.07) is 15.5. The molecule has 1 aromatic heterocycles. The van der Waals surface area contributed by atoms with Crippen LogP contribution in [-0.2, 0) is 5.75 Å². The van der Waals surface area contributed by atoms with E-state index in [2.05, 4.69) is 9.97 Å². The molecular weight excluding hydrogens is 268 g/mol. The minimum atomic E-state index is 0.521. The van der Waals surface area contributed by atoms with Gasteiger partial charge in [-0.3, -0.25) is 0 Å². The maximum Gasteiger partial charge on any atom is 0.141 e. The zero-order valence-electron chi connectivity index (χ0n) is 10.8. The van der Waals surface area contributed by atoms with Gasteiger partial charge >= 0.3 is 0 Å². The van der Waals surface area contributed by atoms with Crippen LogP contribution in [0.25, 0.3) is 10.9 Å². The summed E-state index contributed by atoms with van der Waals surface area (Å²) in [6.45, 7) is 0. The van der Waals surface area contributed by atoms with Crippen molar-refractivity contribution in [3.63, 3.8) is 0 Å². The largest absolute Gasteiger partial charge is 0.398 e. The van der Waals surface area contributed by atoms with E-state index in [0.717, 1.165) is 27.3 Å². The molecule has 20 heavy (non-hydrogen) atoms. The molecule has 1 heterocycles. The lowest BCUT2D eigenvalue weighted by atomic mass is 10.2. The normalized spacial score (nSPS) is 10.8. The number of nitrogens with zero attached hydrogens (tertiary/aromatic N) is 2. The number of hydrogen-bond donors (Lipinski definition) is 2. The van der Waals surface area contributed by atoms with E-state index < -0.39 is 0 Å². The quantitative estimate of drug-likeness (QED) is 0.570. The van der Waals surface area contributed by atoms with Gasteiger partial charge in [-0.15, -0.1) is 11.8 Å². The Morgan fingerprint density at radius 2 is 1.65 bits per heavy atom. The SMILES string of the molecule is Nc1ccccc1SCc1nc(N)c2ccccc2n1. The number of aromatic nitrogens is 2. The molecule has 0 aliphatic heterocycles. The molecule has 0 unspecified atom stereocenters. The first-order chi connectivity index (χ1) is 9.74. The van der Waals surface area contributed by atoms with Crippen LogP contribution in [0.3, 0.4) is 0 Å². The maximum atomic E-state index is 5.97. The van der Waals surface area contributed by atoms with Crippen molar-refractivity contribution in [1.82, 2.24) is 9.97 Å². The van der Waals surface area contributed by atoms with E-state index >= 15 is 0 Å². The minimum Gasteiger partial charge on any atom is -0.398 e. The number of nitrogens with two attached hydrogens (primary N) is 2. The lowest BCUT2D eigenvalue weighted by Crippen LogP contribution is -2.00. The summed E-state index contributed by atoms with van der Waals surface area (Å²) in [7, 11) is 0. The molecule has 0 spiro atoms. The Morgan fingerprint density at radius 3 is 2.50 bits per heavy atom. The summed E-state index contributed by atoms with van der Waals surface area (Å²) in [5, 5.41) is 0.889. The molecule has 0 saturated carbocycles. The number of benzene rings is 2. The highest BCUT2D eigenvalue weighted by atomic mass is 32.2. The molecule has 3 rings (SSSR count). The van der Waals surface area contributed by atoms with E-state index in [1.54, 1.807) is 11.8 Å². The van der Waals surface area contributed by atoms with Gasteiger partial charge in [0.05, 0.1) is 11.3 Å². The third-order valence-corrected chi connectivity index (χ3v) is 4.04. The Kier molecular flexibility index (Phi) is 3.43. The zero-order chi connectivity index (χ0) is 13.9. The first-order valence-electron chi connectivity index (χ1n) is 6.22. The second-order valence-electron chi connectivity index (χ2n) is 4.37. The Hall–Kier alpha value is -2.27. The molecule has 0 atom stereocenters. The second kappa shape index (κ2) is 5.38. The number of fused-ring (bicyclic) bond motifs is 1. The van der Waals surface area contributed by atoms with Crippen LogP contribution in [0.2, 0.25) is 0 Å². The van der Waals surface area contributed by atoms with Gasteiger partial charge in [0.2, 0.25) is 0 Å². The van der Waals surface area contributed by atoms with Gasteiger partial charge in [0.1, 0.15) is 11.6 Å². The fourth-order valence-corrected chi connectivity index (χ4v) is 2.79. The third-order valence-electron chi connectivity index (χ3n) is 2.95. The summed E-state index contributed by atoms with van der Waals surface area (Å²) in [5.41, 5.74) is 13.5. The average molecular weight is 282 g/mol. The highest BCUT2D eigenvalue weighted by molar-refractivity contribution is 7.98. The van der Waals surface area contributed by atoms with Crippen LogP contribution in [0.1, 0.15) is 5.82 Å². The molecule has 4 nitrogen and oxygen atoms in total. The minimum absolute atomic E-state index is 0.521. The number of anilines is 2. The summed E-state index contributed by atoms with van der Waals surface area (Å²) < 4.78 is 0. The average Bonchev–Trinajstić information content (AvgIpc) is 2.46. The number of nitrogen functional groups attached to an aromatic ring is 2. The Balaban J connectivity index is 1.86. The molecule has 4 N–H and O–H groups in total. The highest BCUT2D eigenvalue weighted by Gasteiger charge is 2.06. The molecule has 0 amide bonds. The van der Waals surface area contributed by atoms with Crippen LogP contribution in [0.4, 0.5) is 11.5 Å². The molecule has 3 aromatic rings. The molecule has 0 radical (unpaired) electrons. The zero-order valence-corrected chi connectivity index (χ0v) is 11.6. The van der Waals surface area contributed by atoms with Gasteiger partial charge in [-0.05, 0) is 24.3 Å². The molecule has 0 bridgehead atoms. The van der Waals surface area contributed by atoms with Crippen molar-refractivity contribution in [3.05, 3.63) is 54.4 Å². The van der Waals surface area contributed by atoms with Gasteiger partial charge in [0.15, 0.2) is 0 Å². The molecule has 0 saturated heterocycles. The van der Waals surface area contributed by atoms with Crippen LogP contribution in [0, 0.1) is 0 Å². The molecule has 0 aliphatic carbocycles. The lowest BCUT2D eigenvalue weighted by molar-refractivity contribution is 1.08. The number of para-hydroxylation sites is 2. The highest BCUT2D eigenvalue weighted by Crippen LogP contribution is 2.27. The van der Waals surface area contributed by atoms with Gasteiger partial charge < -0.3 is 11.5 Å². The smallest absolute Gasteiger partial charge is 0.141 e. The third kappa shape index (κ3) is 2.53. The Morgan fingerprint density at radius 1 is 0.900 bits per heavy atom. The van der Waals surface area contributed by atoms with Crippen molar-refractivity contribution in [2.45, 2.75) is 10.6 Å². The standard InChI is InChI=1S/C15H14N4S/c16-11-6-2-4-8-13(11)20-9-14-18-12-7-3-1-5-10(12)15(17)19-14/h1-8H,9,16H2,(H2,17,18,19). The summed E-state index contributed by atoms with van der Waals surface area (Å²) in [4.78, 5) is 9.91. The summed E-state index contributed by atoms with van der Waals surface area (Å²) in [6.07, 6.45) is 0. The van der Waals surface area contributed by atoms with Crippen molar-refractivity contribution in [2.24, 2.45) is 0 Å². The number of hydrogen-bond acceptors (Lipinski definition) is 5. The molecule has 2 aromatic carbocycles. The van der Waals surface area contributed by atoms with Gasteiger partial charge in [-0.2, -0.15) is 0 Å². The molecule has 0 aliphatic rings. The predicted molar refractivity (Wildman–Crippen MR) is 84.4 cm³/mol. The first kappa shape index (κ1) is 12.7. The molecule has 5 heteroatoms. The van der Waals surface area contributed by atoms with Crippen LogP contribution < -0.4 is 11.5 Å². The Bertz CT molecular complexity index is 758. The number of thioether (sulfide) groups is 1. The Labute approximate surface area is 121 Å². The lowest BCUT2D eigenvalue weighted by Gasteiger charge is -2.06. The van der Waals surface area contributed by atoms with Crippen LogP contribution >= 0.6 is 11.8 Å². The van der Waals surface area contributed by atoms with Crippen molar-refractivity contribution < 1.29 is 0 Å². The van der Waals surface area contributed by atoms with Gasteiger partial charge in [0.25, 0.3) is 0 Å². The van der Waals surface area contributed by atoms with Crippen molar-refractivity contribution >= 4 is 34.2 Å². The van der Waals surface area contributed by atoms with E-state index in [1.807, 2.05) is 48.5 Å². The van der Waals surface area contributed by atoms with Crippen LogP contribution in [0.15, 0.2) is 53.4 Å². The summed E-state index contributed by atoms with van der Waals surface area (Å²) >= 11 is 1.61. The van der Waals surface area contributed by atoms with Gasteiger partial charge in [0, 0.05) is 16.0 Å². The fourth-order valence-electron chi connectivity index (χ4n) is 1.97. The van der Waals surface area contributed by atoms with E-state index in [-0.39, 0.29) is 0 Å². The van der Waals surface area contributed by atoms with Crippen molar-refractivity contribution in [1.29, 1.82) is 0 Å². The first-order valence-corrected chi connectivity index (χ1v) is 7.21. The number of rotatable bonds is 3. The molecular formula is C15H14N4S. The van der Waals surface area contributed by atoms with E-state index in [9.17, 15) is 0 Å². The maximum absolute atomic E-state index is 5.97. The van der Waals surface area contributed by atoms with E-state index in [1.165, 1.54) is 0 Å². The van der Waals surface area contributed by atoms with Crippen LogP contribution in [-0.4, -0.2) is 9.97 Å². The molecule has 100 valence electrons. The van der Waals surface area contributed by atoms with Crippen molar-refractivity contribution in [2.75, 3.05) is 11.5 Å². The predicted octanol–water partition coefficient (Wildman–Crippen LogP) is 3.09. The second-order valence-corrected chi connectivity index (χ2v) is 5.39. The molecule has 0 fully saturated rings. The summed E-state index contributed by atoms with van der Waals surface area (Å²) in [5.74, 6) is 1.88. The van der Waals surface area contributed by atoms with Gasteiger partial charge in [-0.1, -0.05) is 24.3 Å². The van der Waals surface area contributed by atoms with E-state index in [4.69, 9.17) is 11.5 Å². The van der Waals surface area contributed by atoms with Crippen molar-refractivity contribution in [3.8, 4) is 0 Å². The monoisotopic (exact) mass is 282 g/mol. The van der Waals surface area contributed by atoms with E-state index in [0.29, 0.717) is 11.6 Å². The van der Waals surface area contributed by atoms with Gasteiger partial charge in [-0.25, -0.2) is 9.97 Å². The van der Waals surface area contributed by atoms with Crippen LogP contribution in [0.5, 0.6) is 0 Å².